The highest BCUT2D eigenvalue weighted by Gasteiger charge is 2.27. The van der Waals surface area contributed by atoms with Crippen molar-refractivity contribution in [1.82, 2.24) is 9.55 Å². The summed E-state index contributed by atoms with van der Waals surface area (Å²) < 4.78 is 8.58. The molecule has 0 saturated heterocycles. The number of anilines is 4. The Kier molecular flexibility index (Phi) is 9.41. The number of allylic oxidation sites excluding steroid dienone is 2. The Morgan fingerprint density at radius 2 is 0.957 bits per heavy atom. The largest absolute Gasteiger partial charge is 0.456 e. The third-order valence-corrected chi connectivity index (χ3v) is 14.6. The lowest BCUT2D eigenvalue weighted by atomic mass is 9.83. The summed E-state index contributed by atoms with van der Waals surface area (Å²) >= 11 is 0. The van der Waals surface area contributed by atoms with E-state index in [1.165, 1.54) is 66.6 Å². The Balaban J connectivity index is 0.864. The molecule has 10 aromatic carbocycles. The lowest BCUT2D eigenvalue weighted by Gasteiger charge is -2.34. The van der Waals surface area contributed by atoms with Gasteiger partial charge in [-0.25, -0.2) is 4.98 Å². The Morgan fingerprint density at radius 3 is 1.64 bits per heavy atom. The van der Waals surface area contributed by atoms with Gasteiger partial charge in [0.2, 0.25) is 0 Å². The summed E-state index contributed by atoms with van der Waals surface area (Å²) in [5.41, 5.74) is 18.8. The molecule has 5 heteroatoms. The van der Waals surface area contributed by atoms with Gasteiger partial charge in [-0.2, -0.15) is 0 Å². The number of imidazole rings is 1. The van der Waals surface area contributed by atoms with Crippen molar-refractivity contribution in [3.8, 4) is 17.1 Å². The zero-order chi connectivity index (χ0) is 46.1. The van der Waals surface area contributed by atoms with Crippen LogP contribution >= 0.6 is 0 Å². The molecule has 0 unspecified atom stereocenters. The summed E-state index contributed by atoms with van der Waals surface area (Å²) in [4.78, 5) is 10.2. The van der Waals surface area contributed by atoms with Crippen LogP contribution in [-0.2, 0) is 12.8 Å². The van der Waals surface area contributed by atoms with Gasteiger partial charge >= 0.3 is 0 Å². The van der Waals surface area contributed by atoms with Crippen molar-refractivity contribution in [2.75, 3.05) is 9.80 Å². The van der Waals surface area contributed by atoms with Crippen molar-refractivity contribution < 1.29 is 4.42 Å². The van der Waals surface area contributed by atoms with Gasteiger partial charge in [-0.05, 0) is 156 Å². The van der Waals surface area contributed by atoms with Gasteiger partial charge in [0.1, 0.15) is 17.0 Å². The van der Waals surface area contributed by atoms with E-state index in [2.05, 4.69) is 239 Å². The average molecular weight is 899 g/mol. The predicted octanol–water partition coefficient (Wildman–Crippen LogP) is 17.1. The van der Waals surface area contributed by atoms with Gasteiger partial charge in [-0.3, -0.25) is 4.57 Å². The van der Waals surface area contributed by atoms with E-state index in [-0.39, 0.29) is 0 Å². The van der Waals surface area contributed by atoms with E-state index in [0.29, 0.717) is 0 Å². The molecule has 0 N–H and O–H groups in total. The molecule has 2 heterocycles. The van der Waals surface area contributed by atoms with Gasteiger partial charge in [0.05, 0.1) is 22.4 Å². The maximum absolute atomic E-state index is 6.30. The molecule has 0 amide bonds. The van der Waals surface area contributed by atoms with Gasteiger partial charge in [-0.1, -0.05) is 133 Å². The SMILES string of the molecule is C1=C(N(c2ccc(-c3nc4ccccc4n3-c3ccccc3)cc2)c2cccc3ccccc23)CCc2c1ccc1c2CCC(N(c2ccc3oc4ccccc4c3c2)c2cccc3ccccc23)=C1. The Bertz CT molecular complexity index is 4070. The fourth-order valence-corrected chi connectivity index (χ4v) is 11.3. The number of benzene rings is 10. The first-order valence-electron chi connectivity index (χ1n) is 24.4. The number of hydrogen-bond donors (Lipinski definition) is 0. The number of nitrogens with zero attached hydrogens (tertiary/aromatic N) is 4. The molecule has 0 fully saturated rings. The van der Waals surface area contributed by atoms with Crippen molar-refractivity contribution >= 4 is 89.4 Å². The second-order valence-corrected chi connectivity index (χ2v) is 18.6. The molecule has 5 nitrogen and oxygen atoms in total. The van der Waals surface area contributed by atoms with E-state index in [1.54, 1.807) is 0 Å². The van der Waals surface area contributed by atoms with Crippen LogP contribution in [0.3, 0.4) is 0 Å². The minimum absolute atomic E-state index is 0.904. The van der Waals surface area contributed by atoms with Crippen LogP contribution in [0.4, 0.5) is 22.7 Å². The molecular formula is C65H46N4O. The standard InChI is InChI=1S/C65H46N4O/c1-2-18-48(19-3-1)69-62-24-10-9-23-59(62)66-65(69)45-30-32-49(33-31-45)67(60-25-12-16-43-14-4-6-20-55(43)60)50-34-37-53-46(40-50)28-29-47-41-51(35-38-54(47)53)68(61-26-13-17-44-15-5-7-21-56(44)61)52-36-39-64-58(42-52)57-22-8-11-27-63(57)70-64/h1-33,36,39-42H,34-35,37-38H2. The molecule has 70 heavy (non-hydrogen) atoms. The number of para-hydroxylation sites is 4. The maximum Gasteiger partial charge on any atom is 0.145 e. The van der Waals surface area contributed by atoms with Crippen LogP contribution in [0.2, 0.25) is 0 Å². The summed E-state index contributed by atoms with van der Waals surface area (Å²) in [6.45, 7) is 0. The third-order valence-electron chi connectivity index (χ3n) is 14.6. The zero-order valence-electron chi connectivity index (χ0n) is 38.5. The molecule has 0 aliphatic heterocycles. The van der Waals surface area contributed by atoms with Gasteiger partial charge in [0, 0.05) is 55.6 Å². The Hall–Kier alpha value is -8.93. The highest BCUT2D eigenvalue weighted by atomic mass is 16.3. The first kappa shape index (κ1) is 40.2. The molecule has 2 aliphatic carbocycles. The van der Waals surface area contributed by atoms with E-state index >= 15 is 0 Å². The summed E-state index contributed by atoms with van der Waals surface area (Å²) in [7, 11) is 0. The normalized spacial score (nSPS) is 13.4. The Morgan fingerprint density at radius 1 is 0.414 bits per heavy atom. The Labute approximate surface area is 406 Å². The monoisotopic (exact) mass is 898 g/mol. The molecular weight excluding hydrogens is 853 g/mol. The van der Waals surface area contributed by atoms with E-state index in [4.69, 9.17) is 9.40 Å². The summed E-state index contributed by atoms with van der Waals surface area (Å²) in [5.74, 6) is 0.927. The van der Waals surface area contributed by atoms with Crippen molar-refractivity contribution in [3.63, 3.8) is 0 Å². The molecule has 0 bridgehead atoms. The topological polar surface area (TPSA) is 37.4 Å². The van der Waals surface area contributed by atoms with Crippen LogP contribution < -0.4 is 9.80 Å². The molecule has 0 radical (unpaired) electrons. The van der Waals surface area contributed by atoms with Gasteiger partial charge in [0.15, 0.2) is 0 Å². The van der Waals surface area contributed by atoms with E-state index in [1.807, 2.05) is 6.07 Å². The van der Waals surface area contributed by atoms with Crippen molar-refractivity contribution in [3.05, 3.63) is 252 Å². The van der Waals surface area contributed by atoms with Crippen LogP contribution in [0, 0.1) is 0 Å². The second kappa shape index (κ2) is 16.4. The molecule has 2 aromatic heterocycles. The maximum atomic E-state index is 6.30. The smallest absolute Gasteiger partial charge is 0.145 e. The first-order chi connectivity index (χ1) is 34.7. The number of furan rings is 1. The predicted molar refractivity (Wildman–Crippen MR) is 291 cm³/mol. The highest BCUT2D eigenvalue weighted by molar-refractivity contribution is 6.07. The summed E-state index contributed by atoms with van der Waals surface area (Å²) in [6, 6.07) is 78.5. The lowest BCUT2D eigenvalue weighted by molar-refractivity contribution is 0.669. The summed E-state index contributed by atoms with van der Waals surface area (Å²) in [5, 5.41) is 7.17. The third kappa shape index (κ3) is 6.65. The van der Waals surface area contributed by atoms with Crippen LogP contribution in [0.15, 0.2) is 234 Å². The van der Waals surface area contributed by atoms with E-state index < -0.39 is 0 Å². The molecule has 2 aliphatic rings. The van der Waals surface area contributed by atoms with Crippen molar-refractivity contribution in [1.29, 1.82) is 0 Å². The van der Waals surface area contributed by atoms with Crippen LogP contribution in [0.25, 0.3) is 83.7 Å². The van der Waals surface area contributed by atoms with Crippen LogP contribution in [0.1, 0.15) is 35.1 Å². The number of fused-ring (bicyclic) bond motifs is 9. The highest BCUT2D eigenvalue weighted by Crippen LogP contribution is 2.45. The number of hydrogen-bond acceptors (Lipinski definition) is 4. The van der Waals surface area contributed by atoms with Gasteiger partial charge in [-0.15, -0.1) is 0 Å². The first-order valence-corrected chi connectivity index (χ1v) is 24.4. The number of aromatic nitrogens is 2. The van der Waals surface area contributed by atoms with Crippen LogP contribution in [-0.4, -0.2) is 9.55 Å². The van der Waals surface area contributed by atoms with Crippen molar-refractivity contribution in [2.24, 2.45) is 0 Å². The minimum Gasteiger partial charge on any atom is -0.456 e. The van der Waals surface area contributed by atoms with Gasteiger partial charge in [0.25, 0.3) is 0 Å². The number of rotatable bonds is 8. The zero-order valence-corrected chi connectivity index (χ0v) is 38.5. The lowest BCUT2D eigenvalue weighted by Crippen LogP contribution is -2.22. The fourth-order valence-electron chi connectivity index (χ4n) is 11.3. The molecule has 332 valence electrons. The molecule has 0 saturated carbocycles. The summed E-state index contributed by atoms with van der Waals surface area (Å²) in [6.07, 6.45) is 8.66. The second-order valence-electron chi connectivity index (χ2n) is 18.6. The molecule has 0 atom stereocenters. The van der Waals surface area contributed by atoms with Crippen molar-refractivity contribution in [2.45, 2.75) is 25.7 Å². The minimum atomic E-state index is 0.904. The van der Waals surface area contributed by atoms with Gasteiger partial charge < -0.3 is 14.2 Å². The van der Waals surface area contributed by atoms with E-state index in [0.717, 1.165) is 87.1 Å². The van der Waals surface area contributed by atoms with Crippen LogP contribution in [0.5, 0.6) is 0 Å². The molecule has 12 aromatic rings. The quantitative estimate of drug-likeness (QED) is 0.152. The molecule has 0 spiro atoms. The van der Waals surface area contributed by atoms with E-state index in [9.17, 15) is 0 Å². The molecule has 14 rings (SSSR count). The fraction of sp³-hybridized carbons (Fsp3) is 0.0615. The average Bonchev–Trinajstić information content (AvgIpc) is 4.00.